The number of carbonyl (C=O) groups is 1. The third-order valence-corrected chi connectivity index (χ3v) is 3.76. The van der Waals surface area contributed by atoms with Crippen molar-refractivity contribution in [2.24, 2.45) is 0 Å². The minimum atomic E-state index is -1.22. The summed E-state index contributed by atoms with van der Waals surface area (Å²) in [5.41, 5.74) is -0.310. The van der Waals surface area contributed by atoms with Crippen LogP contribution in [0.4, 0.5) is 0 Å². The van der Waals surface area contributed by atoms with E-state index in [1.54, 1.807) is 19.1 Å². The number of rotatable bonds is 5. The van der Waals surface area contributed by atoms with Gasteiger partial charge >= 0.3 is 0 Å². The zero-order chi connectivity index (χ0) is 14.6. The Bertz CT molecular complexity index is 579. The molecule has 0 bridgehead atoms. The molecule has 106 valence electrons. The number of carbonyl (C=O) groups excluding carboxylic acids is 1. The molecule has 20 heavy (non-hydrogen) atoms. The lowest BCUT2D eigenvalue weighted by Gasteiger charge is -2.21. The molecule has 0 aliphatic rings. The van der Waals surface area contributed by atoms with Crippen molar-refractivity contribution in [1.82, 2.24) is 5.32 Å². The van der Waals surface area contributed by atoms with Crippen LogP contribution in [0, 0.1) is 0 Å². The van der Waals surface area contributed by atoms with Crippen LogP contribution in [0.25, 0.3) is 0 Å². The van der Waals surface area contributed by atoms with E-state index in [1.807, 2.05) is 24.3 Å². The molecule has 1 amide bonds. The smallest absolute Gasteiger partial charge is 0.224 e. The average molecular weight is 338 g/mol. The molecule has 0 saturated carbocycles. The minimum absolute atomic E-state index is 0.101. The maximum atomic E-state index is 11.9. The molecule has 2 N–H and O–H groups in total. The summed E-state index contributed by atoms with van der Waals surface area (Å²) in [6.07, 6.45) is 1.75. The minimum Gasteiger partial charge on any atom is -0.466 e. The molecule has 0 radical (unpaired) electrons. The van der Waals surface area contributed by atoms with Crippen LogP contribution in [0.15, 0.2) is 51.6 Å². The quantitative estimate of drug-likeness (QED) is 0.881. The van der Waals surface area contributed by atoms with Crippen LogP contribution in [-0.2, 0) is 16.8 Å². The highest BCUT2D eigenvalue weighted by Crippen LogP contribution is 2.20. The largest absolute Gasteiger partial charge is 0.466 e. The molecular weight excluding hydrogens is 322 g/mol. The molecule has 1 aromatic carbocycles. The van der Waals surface area contributed by atoms with E-state index in [9.17, 15) is 9.90 Å². The molecular formula is C15H16BrNO3. The first-order valence-electron chi connectivity index (χ1n) is 6.25. The first-order valence-corrected chi connectivity index (χ1v) is 7.05. The van der Waals surface area contributed by atoms with Crippen molar-refractivity contribution in [3.05, 3.63) is 58.5 Å². The fraction of sp³-hybridized carbons (Fsp3) is 0.267. The number of hydrogen-bond acceptors (Lipinski definition) is 3. The van der Waals surface area contributed by atoms with Crippen molar-refractivity contribution >= 4 is 21.8 Å². The number of amides is 1. The molecule has 0 aliphatic heterocycles. The molecule has 1 aromatic heterocycles. The second-order valence-corrected chi connectivity index (χ2v) is 5.65. The molecule has 1 heterocycles. The van der Waals surface area contributed by atoms with E-state index in [-0.39, 0.29) is 18.9 Å². The summed E-state index contributed by atoms with van der Waals surface area (Å²) in [4.78, 5) is 11.9. The number of hydrogen-bond donors (Lipinski definition) is 2. The second-order valence-electron chi connectivity index (χ2n) is 4.80. The van der Waals surface area contributed by atoms with Gasteiger partial charge in [-0.3, -0.25) is 4.79 Å². The van der Waals surface area contributed by atoms with Gasteiger partial charge in [0.2, 0.25) is 5.91 Å². The second kappa shape index (κ2) is 6.24. The van der Waals surface area contributed by atoms with Crippen LogP contribution in [-0.4, -0.2) is 17.6 Å². The molecule has 0 spiro atoms. The van der Waals surface area contributed by atoms with E-state index in [0.29, 0.717) is 5.76 Å². The summed E-state index contributed by atoms with van der Waals surface area (Å²) in [5, 5.41) is 12.9. The molecule has 0 aliphatic carbocycles. The molecule has 0 fully saturated rings. The van der Waals surface area contributed by atoms with Crippen molar-refractivity contribution in [3.8, 4) is 0 Å². The third-order valence-electron chi connectivity index (χ3n) is 2.99. The Kier molecular flexibility index (Phi) is 4.62. The highest BCUT2D eigenvalue weighted by Gasteiger charge is 2.26. The fourth-order valence-corrected chi connectivity index (χ4v) is 2.25. The van der Waals surface area contributed by atoms with E-state index in [2.05, 4.69) is 21.2 Å². The van der Waals surface area contributed by atoms with Gasteiger partial charge in [-0.25, -0.2) is 0 Å². The van der Waals surface area contributed by atoms with Crippen molar-refractivity contribution in [2.45, 2.75) is 18.9 Å². The molecule has 0 saturated heterocycles. The van der Waals surface area contributed by atoms with E-state index >= 15 is 0 Å². The first kappa shape index (κ1) is 14.8. The molecule has 1 unspecified atom stereocenters. The molecule has 4 nitrogen and oxygen atoms in total. The van der Waals surface area contributed by atoms with Gasteiger partial charge in [0.15, 0.2) is 0 Å². The molecule has 5 heteroatoms. The van der Waals surface area contributed by atoms with Crippen molar-refractivity contribution in [3.63, 3.8) is 0 Å². The van der Waals surface area contributed by atoms with Gasteiger partial charge in [-0.1, -0.05) is 34.1 Å². The van der Waals surface area contributed by atoms with Gasteiger partial charge in [0.25, 0.3) is 0 Å². The SMILES string of the molecule is CC(O)(CNC(=O)Cc1ccccc1Br)c1ccco1. The van der Waals surface area contributed by atoms with Crippen LogP contribution in [0.2, 0.25) is 0 Å². The normalized spacial score (nSPS) is 13.8. The predicted molar refractivity (Wildman–Crippen MR) is 79.1 cm³/mol. The third kappa shape index (κ3) is 3.71. The monoisotopic (exact) mass is 337 g/mol. The number of benzene rings is 1. The maximum absolute atomic E-state index is 11.9. The molecule has 2 rings (SSSR count). The Labute approximate surface area is 125 Å². The lowest BCUT2D eigenvalue weighted by atomic mass is 10.0. The Hall–Kier alpha value is -1.59. The van der Waals surface area contributed by atoms with Crippen molar-refractivity contribution in [2.75, 3.05) is 6.54 Å². The van der Waals surface area contributed by atoms with E-state index in [4.69, 9.17) is 4.42 Å². The summed E-state index contributed by atoms with van der Waals surface area (Å²) in [5.74, 6) is 0.280. The van der Waals surface area contributed by atoms with Crippen LogP contribution < -0.4 is 5.32 Å². The molecule has 2 aromatic rings. The summed E-state index contributed by atoms with van der Waals surface area (Å²) >= 11 is 3.40. The van der Waals surface area contributed by atoms with Crippen LogP contribution in [0.5, 0.6) is 0 Å². The topological polar surface area (TPSA) is 62.5 Å². The van der Waals surface area contributed by atoms with Gasteiger partial charge in [0, 0.05) is 4.47 Å². The Balaban J connectivity index is 1.91. The highest BCUT2D eigenvalue weighted by molar-refractivity contribution is 9.10. The number of aliphatic hydroxyl groups is 1. The van der Waals surface area contributed by atoms with Gasteiger partial charge in [0.05, 0.1) is 19.2 Å². The lowest BCUT2D eigenvalue weighted by Crippen LogP contribution is -2.39. The Morgan fingerprint density at radius 2 is 2.10 bits per heavy atom. The van der Waals surface area contributed by atoms with E-state index in [0.717, 1.165) is 10.0 Å². The van der Waals surface area contributed by atoms with Gasteiger partial charge in [0.1, 0.15) is 11.4 Å². The van der Waals surface area contributed by atoms with Crippen molar-refractivity contribution in [1.29, 1.82) is 0 Å². The molecule has 1 atom stereocenters. The van der Waals surface area contributed by atoms with Crippen LogP contribution in [0.3, 0.4) is 0 Å². The van der Waals surface area contributed by atoms with Crippen molar-refractivity contribution < 1.29 is 14.3 Å². The summed E-state index contributed by atoms with van der Waals surface area (Å²) in [6, 6.07) is 10.9. The zero-order valence-corrected chi connectivity index (χ0v) is 12.7. The number of nitrogens with one attached hydrogen (secondary N) is 1. The Morgan fingerprint density at radius 1 is 1.35 bits per heavy atom. The number of furan rings is 1. The zero-order valence-electron chi connectivity index (χ0n) is 11.1. The standard InChI is InChI=1S/C15H16BrNO3/c1-15(19,13-7-4-8-20-13)10-17-14(18)9-11-5-2-3-6-12(11)16/h2-8,19H,9-10H2,1H3,(H,17,18). The van der Waals surface area contributed by atoms with Crippen LogP contribution >= 0.6 is 15.9 Å². The fourth-order valence-electron chi connectivity index (χ4n) is 1.82. The summed E-state index contributed by atoms with van der Waals surface area (Å²) in [7, 11) is 0. The highest BCUT2D eigenvalue weighted by atomic mass is 79.9. The number of halogens is 1. The average Bonchev–Trinajstić information content (AvgIpc) is 2.94. The van der Waals surface area contributed by atoms with Gasteiger partial charge in [-0.2, -0.15) is 0 Å². The summed E-state index contributed by atoms with van der Waals surface area (Å²) < 4.78 is 6.06. The Morgan fingerprint density at radius 3 is 2.75 bits per heavy atom. The van der Waals surface area contributed by atoms with Crippen LogP contribution in [0.1, 0.15) is 18.2 Å². The first-order chi connectivity index (χ1) is 9.49. The van der Waals surface area contributed by atoms with E-state index in [1.165, 1.54) is 6.26 Å². The van der Waals surface area contributed by atoms with E-state index < -0.39 is 5.60 Å². The van der Waals surface area contributed by atoms with Gasteiger partial charge < -0.3 is 14.8 Å². The van der Waals surface area contributed by atoms with Gasteiger partial charge in [-0.05, 0) is 30.7 Å². The summed E-state index contributed by atoms with van der Waals surface area (Å²) in [6.45, 7) is 1.70. The maximum Gasteiger partial charge on any atom is 0.224 e. The lowest BCUT2D eigenvalue weighted by molar-refractivity contribution is -0.121. The predicted octanol–water partition coefficient (Wildman–Crippen LogP) is 2.61. The van der Waals surface area contributed by atoms with Gasteiger partial charge in [-0.15, -0.1) is 0 Å².